The van der Waals surface area contributed by atoms with Gasteiger partial charge in [-0.15, -0.1) is 0 Å². The summed E-state index contributed by atoms with van der Waals surface area (Å²) in [6, 6.07) is 9.78. The molecule has 0 aliphatic rings. The Bertz CT molecular complexity index is 821. The van der Waals surface area contributed by atoms with E-state index in [1.165, 1.54) is 0 Å². The van der Waals surface area contributed by atoms with Gasteiger partial charge in [0.1, 0.15) is 5.82 Å². The minimum Gasteiger partial charge on any atom is -0.363 e. The number of halogens is 1. The molecule has 0 saturated carbocycles. The van der Waals surface area contributed by atoms with Crippen molar-refractivity contribution in [2.45, 2.75) is 13.8 Å². The quantitative estimate of drug-likeness (QED) is 0.723. The third-order valence-corrected chi connectivity index (χ3v) is 3.72. The Morgan fingerprint density at radius 3 is 2.57 bits per heavy atom. The number of anilines is 1. The summed E-state index contributed by atoms with van der Waals surface area (Å²) < 4.78 is 1.89. The van der Waals surface area contributed by atoms with E-state index in [1.807, 2.05) is 67.7 Å². The topological polar surface area (TPSA) is 33.4 Å². The van der Waals surface area contributed by atoms with E-state index in [2.05, 4.69) is 4.98 Å². The number of fused-ring (bicyclic) bond motifs is 1. The molecule has 0 aliphatic carbocycles. The number of hydrogen-bond acceptors (Lipinski definition) is 3. The number of benzene rings is 1. The SMILES string of the molecule is Cc1cc(N(C)C)n2nc(-c3cccc(Cl)c3)c(C)c2n1. The minimum atomic E-state index is 0.709. The molecule has 0 fully saturated rings. The van der Waals surface area contributed by atoms with Gasteiger partial charge in [0.05, 0.1) is 5.69 Å². The van der Waals surface area contributed by atoms with Gasteiger partial charge in [-0.3, -0.25) is 0 Å². The number of rotatable bonds is 2. The molecule has 3 aromatic rings. The molecule has 0 spiro atoms. The minimum absolute atomic E-state index is 0.709. The molecule has 0 aliphatic heterocycles. The summed E-state index contributed by atoms with van der Waals surface area (Å²) in [6.07, 6.45) is 0. The van der Waals surface area contributed by atoms with Crippen LogP contribution in [-0.2, 0) is 0 Å². The van der Waals surface area contributed by atoms with Crippen molar-refractivity contribution in [1.29, 1.82) is 0 Å². The first-order valence-electron chi connectivity index (χ1n) is 6.77. The van der Waals surface area contributed by atoms with Crippen LogP contribution in [0.3, 0.4) is 0 Å². The van der Waals surface area contributed by atoms with Crippen LogP contribution in [0.5, 0.6) is 0 Å². The first-order chi connectivity index (χ1) is 9.97. The monoisotopic (exact) mass is 300 g/mol. The van der Waals surface area contributed by atoms with E-state index < -0.39 is 0 Å². The predicted molar refractivity (Wildman–Crippen MR) is 87.2 cm³/mol. The molecule has 1 aromatic carbocycles. The lowest BCUT2D eigenvalue weighted by molar-refractivity contribution is 0.891. The maximum atomic E-state index is 6.09. The third kappa shape index (κ3) is 2.36. The van der Waals surface area contributed by atoms with E-state index in [-0.39, 0.29) is 0 Å². The molecule has 108 valence electrons. The average Bonchev–Trinajstić information content (AvgIpc) is 2.75. The summed E-state index contributed by atoms with van der Waals surface area (Å²) in [5.41, 5.74) is 4.84. The lowest BCUT2D eigenvalue weighted by Crippen LogP contribution is -2.14. The van der Waals surface area contributed by atoms with Crippen LogP contribution in [0.4, 0.5) is 5.82 Å². The lowest BCUT2D eigenvalue weighted by Gasteiger charge is -2.14. The Hall–Kier alpha value is -2.07. The molecule has 0 atom stereocenters. The Balaban J connectivity index is 2.31. The first-order valence-corrected chi connectivity index (χ1v) is 7.15. The molecule has 0 bridgehead atoms. The van der Waals surface area contributed by atoms with Crippen molar-refractivity contribution in [3.8, 4) is 11.3 Å². The summed E-state index contributed by atoms with van der Waals surface area (Å²) >= 11 is 6.09. The van der Waals surface area contributed by atoms with E-state index >= 15 is 0 Å². The molecule has 0 N–H and O–H groups in total. The number of hydrogen-bond donors (Lipinski definition) is 0. The summed E-state index contributed by atoms with van der Waals surface area (Å²) in [5.74, 6) is 1.01. The zero-order valence-electron chi connectivity index (χ0n) is 12.6. The second-order valence-electron chi connectivity index (χ2n) is 5.37. The van der Waals surface area contributed by atoms with Gasteiger partial charge in [-0.25, -0.2) is 4.98 Å². The normalized spacial score (nSPS) is 11.1. The molecule has 3 rings (SSSR count). The van der Waals surface area contributed by atoms with Gasteiger partial charge in [-0.05, 0) is 26.0 Å². The van der Waals surface area contributed by atoms with Crippen molar-refractivity contribution in [2.75, 3.05) is 19.0 Å². The third-order valence-electron chi connectivity index (χ3n) is 3.48. The zero-order chi connectivity index (χ0) is 15.1. The lowest BCUT2D eigenvalue weighted by atomic mass is 10.1. The van der Waals surface area contributed by atoms with E-state index in [1.54, 1.807) is 0 Å². The predicted octanol–water partition coefficient (Wildman–Crippen LogP) is 3.73. The van der Waals surface area contributed by atoms with Crippen LogP contribution in [0.2, 0.25) is 5.02 Å². The van der Waals surface area contributed by atoms with Crippen molar-refractivity contribution in [1.82, 2.24) is 14.6 Å². The molecule has 0 unspecified atom stereocenters. The zero-order valence-corrected chi connectivity index (χ0v) is 13.3. The summed E-state index contributed by atoms with van der Waals surface area (Å²) in [5, 5.41) is 5.45. The first kappa shape index (κ1) is 13.9. The van der Waals surface area contributed by atoms with Crippen molar-refractivity contribution in [2.24, 2.45) is 0 Å². The second kappa shape index (κ2) is 5.04. The largest absolute Gasteiger partial charge is 0.363 e. The van der Waals surface area contributed by atoms with E-state index in [4.69, 9.17) is 16.7 Å². The molecule has 2 heterocycles. The van der Waals surface area contributed by atoms with Crippen molar-refractivity contribution in [3.05, 3.63) is 46.6 Å². The van der Waals surface area contributed by atoms with E-state index in [0.717, 1.165) is 34.0 Å². The van der Waals surface area contributed by atoms with Crippen LogP contribution in [0.15, 0.2) is 30.3 Å². The maximum absolute atomic E-state index is 6.09. The van der Waals surface area contributed by atoms with Crippen molar-refractivity contribution >= 4 is 23.1 Å². The highest BCUT2D eigenvalue weighted by Crippen LogP contribution is 2.28. The van der Waals surface area contributed by atoms with Crippen LogP contribution < -0.4 is 4.90 Å². The summed E-state index contributed by atoms with van der Waals surface area (Å²) in [7, 11) is 4.01. The van der Waals surface area contributed by atoms with Gasteiger partial charge in [-0.1, -0.05) is 23.7 Å². The Morgan fingerprint density at radius 2 is 1.90 bits per heavy atom. The molecule has 0 amide bonds. The highest BCUT2D eigenvalue weighted by atomic mass is 35.5. The van der Waals surface area contributed by atoms with Crippen molar-refractivity contribution in [3.63, 3.8) is 0 Å². The van der Waals surface area contributed by atoms with Crippen LogP contribution in [0.25, 0.3) is 16.9 Å². The molecule has 21 heavy (non-hydrogen) atoms. The van der Waals surface area contributed by atoms with E-state index in [0.29, 0.717) is 5.02 Å². The van der Waals surface area contributed by atoms with Crippen LogP contribution in [0.1, 0.15) is 11.3 Å². The summed E-state index contributed by atoms with van der Waals surface area (Å²) in [6.45, 7) is 4.04. The highest BCUT2D eigenvalue weighted by Gasteiger charge is 2.16. The van der Waals surface area contributed by atoms with Gasteiger partial charge >= 0.3 is 0 Å². The Labute approximate surface area is 129 Å². The molecule has 5 heteroatoms. The van der Waals surface area contributed by atoms with Crippen molar-refractivity contribution < 1.29 is 0 Å². The molecular formula is C16H17ClN4. The van der Waals surface area contributed by atoms with Gasteiger partial charge in [0.15, 0.2) is 5.65 Å². The molecular weight excluding hydrogens is 284 g/mol. The number of nitrogens with zero attached hydrogens (tertiary/aromatic N) is 4. The standard InChI is InChI=1S/C16H17ClN4/c1-10-8-14(20(3)4)21-16(18-10)11(2)15(19-21)12-6-5-7-13(17)9-12/h5-9H,1-4H3. The van der Waals surface area contributed by atoms with Gasteiger partial charge in [0, 0.05) is 42.0 Å². The fourth-order valence-electron chi connectivity index (χ4n) is 2.45. The summed E-state index contributed by atoms with van der Waals surface area (Å²) in [4.78, 5) is 6.67. The van der Waals surface area contributed by atoms with E-state index in [9.17, 15) is 0 Å². The fourth-order valence-corrected chi connectivity index (χ4v) is 2.64. The smallest absolute Gasteiger partial charge is 0.161 e. The fraction of sp³-hybridized carbons (Fsp3) is 0.250. The molecule has 4 nitrogen and oxygen atoms in total. The van der Waals surface area contributed by atoms with Gasteiger partial charge in [0.2, 0.25) is 0 Å². The molecule has 0 radical (unpaired) electrons. The van der Waals surface area contributed by atoms with Crippen LogP contribution in [0, 0.1) is 13.8 Å². The maximum Gasteiger partial charge on any atom is 0.161 e. The highest BCUT2D eigenvalue weighted by molar-refractivity contribution is 6.30. The average molecular weight is 301 g/mol. The Morgan fingerprint density at radius 1 is 1.14 bits per heavy atom. The number of aromatic nitrogens is 3. The molecule has 2 aromatic heterocycles. The Kier molecular flexibility index (Phi) is 3.33. The second-order valence-corrected chi connectivity index (χ2v) is 5.81. The number of aryl methyl sites for hydroxylation is 2. The molecule has 0 saturated heterocycles. The van der Waals surface area contributed by atoms with Crippen LogP contribution in [-0.4, -0.2) is 28.7 Å². The van der Waals surface area contributed by atoms with Gasteiger partial charge in [0.25, 0.3) is 0 Å². The van der Waals surface area contributed by atoms with Gasteiger partial charge < -0.3 is 4.90 Å². The van der Waals surface area contributed by atoms with Crippen LogP contribution >= 0.6 is 11.6 Å². The van der Waals surface area contributed by atoms with Gasteiger partial charge in [-0.2, -0.15) is 9.61 Å².